The van der Waals surface area contributed by atoms with E-state index in [9.17, 15) is 0 Å². The van der Waals surface area contributed by atoms with Gasteiger partial charge in [-0.3, -0.25) is 0 Å². The molecule has 1 aromatic heterocycles. The van der Waals surface area contributed by atoms with E-state index in [1.54, 1.807) is 0 Å². The number of allylic oxidation sites excluding steroid dienone is 16. The average Bonchev–Trinajstić information content (AvgIpc) is 3.70. The standard InChI is InChI=1S/C55H46S/c1-36(37(2)29-30-43-32-42-31-40-33-49-44-21-17-18-26-51(44)56-52(49)35-41(40)34-50(42)55(43,4)5)27-28-38(3)53-45-22-13-15-24-47(45)54(48-25-16-14-23-46(48)53)39-19-11-9-7-6-8-10-12-20-39/h6-7,9-18,20-31,33-35H,1,3,8,19,32H2,2,4-5H3/b7-6-,11-9-,12-10-,28-27-,37-29+,39-20?,43-30+. The Bertz CT molecular complexity index is 2940. The van der Waals surface area contributed by atoms with Crippen LogP contribution in [0.3, 0.4) is 0 Å². The van der Waals surface area contributed by atoms with Crippen LogP contribution in [0, 0.1) is 0 Å². The highest BCUT2D eigenvalue weighted by atomic mass is 32.1. The van der Waals surface area contributed by atoms with Crippen molar-refractivity contribution in [2.75, 3.05) is 0 Å². The van der Waals surface area contributed by atoms with Crippen LogP contribution in [0.5, 0.6) is 0 Å². The van der Waals surface area contributed by atoms with Crippen molar-refractivity contribution in [1.29, 1.82) is 0 Å². The van der Waals surface area contributed by atoms with E-state index in [4.69, 9.17) is 0 Å². The molecule has 0 bridgehead atoms. The molecule has 0 N–H and O–H groups in total. The van der Waals surface area contributed by atoms with Crippen molar-refractivity contribution < 1.29 is 0 Å². The number of fused-ring (bicyclic) bond motifs is 7. The topological polar surface area (TPSA) is 0 Å². The summed E-state index contributed by atoms with van der Waals surface area (Å²) in [7, 11) is 0. The van der Waals surface area contributed by atoms with Crippen LogP contribution in [-0.4, -0.2) is 0 Å². The van der Waals surface area contributed by atoms with Crippen molar-refractivity contribution in [2.24, 2.45) is 0 Å². The highest BCUT2D eigenvalue weighted by Crippen LogP contribution is 2.46. The zero-order chi connectivity index (χ0) is 38.4. The summed E-state index contributed by atoms with van der Waals surface area (Å²) in [5.41, 5.74) is 11.1. The van der Waals surface area contributed by atoms with Crippen molar-refractivity contribution in [3.8, 4) is 0 Å². The van der Waals surface area contributed by atoms with Gasteiger partial charge in [-0.25, -0.2) is 0 Å². The summed E-state index contributed by atoms with van der Waals surface area (Å²) >= 11 is 1.89. The minimum Gasteiger partial charge on any atom is -0.135 e. The summed E-state index contributed by atoms with van der Waals surface area (Å²) in [5.74, 6) is 0. The normalized spacial score (nSPS) is 18.2. The fraction of sp³-hybridized carbons (Fsp3) is 0.127. The molecular weight excluding hydrogens is 693 g/mol. The highest BCUT2D eigenvalue weighted by Gasteiger charge is 2.34. The lowest BCUT2D eigenvalue weighted by Gasteiger charge is -2.22. The number of thiophene rings is 1. The van der Waals surface area contributed by atoms with E-state index >= 15 is 0 Å². The molecular formula is C55H46S. The first-order valence-corrected chi connectivity index (χ1v) is 20.5. The molecule has 0 spiro atoms. The van der Waals surface area contributed by atoms with Gasteiger partial charge in [0, 0.05) is 25.6 Å². The number of hydrogen-bond acceptors (Lipinski definition) is 1. The molecule has 56 heavy (non-hydrogen) atoms. The van der Waals surface area contributed by atoms with Gasteiger partial charge in [-0.15, -0.1) is 11.3 Å². The molecule has 0 saturated carbocycles. The maximum absolute atomic E-state index is 4.65. The summed E-state index contributed by atoms with van der Waals surface area (Å²) < 4.78 is 2.71. The van der Waals surface area contributed by atoms with Crippen molar-refractivity contribution in [3.63, 3.8) is 0 Å². The van der Waals surface area contributed by atoms with E-state index in [-0.39, 0.29) is 5.41 Å². The largest absolute Gasteiger partial charge is 0.135 e. The predicted molar refractivity (Wildman–Crippen MR) is 249 cm³/mol. The molecule has 1 heterocycles. The summed E-state index contributed by atoms with van der Waals surface area (Å²) in [6.45, 7) is 16.1. The molecule has 0 aliphatic heterocycles. The molecule has 0 saturated heterocycles. The molecule has 0 fully saturated rings. The lowest BCUT2D eigenvalue weighted by Crippen LogP contribution is -2.15. The van der Waals surface area contributed by atoms with E-state index in [0.29, 0.717) is 0 Å². The van der Waals surface area contributed by atoms with Gasteiger partial charge in [0.05, 0.1) is 0 Å². The van der Waals surface area contributed by atoms with Crippen LogP contribution in [0.25, 0.3) is 63.6 Å². The van der Waals surface area contributed by atoms with E-state index in [0.717, 1.165) is 36.0 Å². The first-order chi connectivity index (χ1) is 27.3. The van der Waals surface area contributed by atoms with Gasteiger partial charge in [-0.1, -0.05) is 172 Å². The third kappa shape index (κ3) is 6.37. The number of rotatable bonds is 6. The SMILES string of the molecule is C=C(/C=C\C(=C)c1c2ccccc2c(C2=C/C=C\C/C=C\C=C/C2)c2ccccc12)/C(C)=C/C=C1\Cc2cc3cc4c(cc3cc2C1(C)C)sc1ccccc14. The third-order valence-corrected chi connectivity index (χ3v) is 13.1. The van der Waals surface area contributed by atoms with Crippen molar-refractivity contribution >= 4 is 75.0 Å². The fourth-order valence-corrected chi connectivity index (χ4v) is 9.89. The van der Waals surface area contributed by atoms with Crippen LogP contribution >= 0.6 is 11.3 Å². The first-order valence-electron chi connectivity index (χ1n) is 19.7. The second-order valence-corrected chi connectivity index (χ2v) is 16.9. The van der Waals surface area contributed by atoms with E-state index in [1.807, 2.05) is 11.3 Å². The van der Waals surface area contributed by atoms with Gasteiger partial charge in [0.15, 0.2) is 0 Å². The lowest BCUT2D eigenvalue weighted by molar-refractivity contribution is 0.645. The van der Waals surface area contributed by atoms with Gasteiger partial charge in [0.2, 0.25) is 0 Å². The Morgan fingerprint density at radius 1 is 0.679 bits per heavy atom. The molecule has 2 aliphatic carbocycles. The fourth-order valence-electron chi connectivity index (χ4n) is 8.76. The summed E-state index contributed by atoms with van der Waals surface area (Å²) in [5, 5.41) is 10.3. The van der Waals surface area contributed by atoms with Crippen molar-refractivity contribution in [3.05, 3.63) is 216 Å². The van der Waals surface area contributed by atoms with Crippen LogP contribution in [0.1, 0.15) is 55.9 Å². The minimum atomic E-state index is -0.0523. The van der Waals surface area contributed by atoms with Crippen molar-refractivity contribution in [2.45, 2.75) is 45.4 Å². The van der Waals surface area contributed by atoms with Gasteiger partial charge in [0.1, 0.15) is 0 Å². The molecule has 272 valence electrons. The Labute approximate surface area is 334 Å². The quantitative estimate of drug-likeness (QED) is 0.118. The molecule has 0 unspecified atom stereocenters. The van der Waals surface area contributed by atoms with E-state index in [2.05, 4.69) is 198 Å². The zero-order valence-corrected chi connectivity index (χ0v) is 33.3. The van der Waals surface area contributed by atoms with Crippen LogP contribution in [0.4, 0.5) is 0 Å². The summed E-state index contributed by atoms with van der Waals surface area (Å²) in [6.07, 6.45) is 27.1. The van der Waals surface area contributed by atoms with Gasteiger partial charge < -0.3 is 0 Å². The maximum Gasteiger partial charge on any atom is 0.0361 e. The first kappa shape index (κ1) is 35.7. The van der Waals surface area contributed by atoms with Gasteiger partial charge >= 0.3 is 0 Å². The molecule has 9 rings (SSSR count). The Balaban J connectivity index is 1.01. The van der Waals surface area contributed by atoms with E-state index < -0.39 is 0 Å². The molecule has 0 radical (unpaired) electrons. The van der Waals surface area contributed by atoms with Gasteiger partial charge in [-0.2, -0.15) is 0 Å². The monoisotopic (exact) mass is 738 g/mol. The Hall–Kier alpha value is -6.02. The molecule has 7 aromatic rings. The average molecular weight is 739 g/mol. The number of hydrogen-bond donors (Lipinski definition) is 0. The Morgan fingerprint density at radius 2 is 1.34 bits per heavy atom. The second-order valence-electron chi connectivity index (χ2n) is 15.8. The Morgan fingerprint density at radius 3 is 2.11 bits per heavy atom. The van der Waals surface area contributed by atoms with Crippen LogP contribution < -0.4 is 0 Å². The zero-order valence-electron chi connectivity index (χ0n) is 32.5. The molecule has 6 aromatic carbocycles. The third-order valence-electron chi connectivity index (χ3n) is 11.9. The molecule has 0 atom stereocenters. The van der Waals surface area contributed by atoms with Gasteiger partial charge in [0.25, 0.3) is 0 Å². The molecule has 0 nitrogen and oxygen atoms in total. The van der Waals surface area contributed by atoms with Crippen LogP contribution in [0.2, 0.25) is 0 Å². The molecule has 1 heteroatoms. The van der Waals surface area contributed by atoms with Gasteiger partial charge in [-0.05, 0) is 127 Å². The van der Waals surface area contributed by atoms with Crippen molar-refractivity contribution in [1.82, 2.24) is 0 Å². The highest BCUT2D eigenvalue weighted by molar-refractivity contribution is 7.25. The van der Waals surface area contributed by atoms with Crippen LogP contribution in [0.15, 0.2) is 194 Å². The Kier molecular flexibility index (Phi) is 9.28. The number of benzene rings is 6. The maximum atomic E-state index is 4.65. The predicted octanol–water partition coefficient (Wildman–Crippen LogP) is 15.9. The minimum absolute atomic E-state index is 0.0523. The smallest absolute Gasteiger partial charge is 0.0361 e. The summed E-state index contributed by atoms with van der Waals surface area (Å²) in [6, 6.07) is 36.1. The lowest BCUT2D eigenvalue weighted by atomic mass is 9.82. The molecule has 2 aliphatic rings. The second kappa shape index (κ2) is 14.6. The molecule has 0 amide bonds. The summed E-state index contributed by atoms with van der Waals surface area (Å²) in [4.78, 5) is 0. The van der Waals surface area contributed by atoms with Crippen LogP contribution in [-0.2, 0) is 11.8 Å². The van der Waals surface area contributed by atoms with E-state index in [1.165, 1.54) is 85.9 Å².